The lowest BCUT2D eigenvalue weighted by Gasteiger charge is -2.11. The standard InChI is InChI=1S/C22H18F3N5O2/c1-2-31-14-30-20(15-7-6-8-16(13-15)22(23,24)25)19(28-29-30)18-11-12-26-21(27-18)32-17-9-4-3-5-10-17/h3-13H,2,14H2,1H3. The molecule has 4 rings (SSSR count). The van der Waals surface area contributed by atoms with Crippen molar-refractivity contribution in [1.29, 1.82) is 0 Å². The van der Waals surface area contributed by atoms with Gasteiger partial charge in [0.1, 0.15) is 29.6 Å². The topological polar surface area (TPSA) is 75.0 Å². The Bertz CT molecular complexity index is 1200. The average molecular weight is 441 g/mol. The van der Waals surface area contributed by atoms with E-state index in [1.165, 1.54) is 16.9 Å². The molecule has 0 aliphatic rings. The van der Waals surface area contributed by atoms with Crippen LogP contribution in [0.4, 0.5) is 13.2 Å². The minimum Gasteiger partial charge on any atom is -0.424 e. The van der Waals surface area contributed by atoms with Gasteiger partial charge in [-0.05, 0) is 37.3 Å². The fraction of sp³-hybridized carbons (Fsp3) is 0.182. The minimum absolute atomic E-state index is 0.0214. The van der Waals surface area contributed by atoms with Crippen LogP contribution in [0.1, 0.15) is 12.5 Å². The van der Waals surface area contributed by atoms with Gasteiger partial charge >= 0.3 is 12.2 Å². The summed E-state index contributed by atoms with van der Waals surface area (Å²) in [6, 6.07) is 15.6. The highest BCUT2D eigenvalue weighted by atomic mass is 19.4. The smallest absolute Gasteiger partial charge is 0.416 e. The second-order valence-electron chi connectivity index (χ2n) is 6.63. The fourth-order valence-corrected chi connectivity index (χ4v) is 3.00. The van der Waals surface area contributed by atoms with E-state index in [9.17, 15) is 13.2 Å². The van der Waals surface area contributed by atoms with Crippen LogP contribution in [0.15, 0.2) is 66.9 Å². The van der Waals surface area contributed by atoms with Crippen molar-refractivity contribution in [2.75, 3.05) is 6.61 Å². The summed E-state index contributed by atoms with van der Waals surface area (Å²) in [5.41, 5.74) is 0.476. The van der Waals surface area contributed by atoms with Gasteiger partial charge in [-0.2, -0.15) is 18.2 Å². The van der Waals surface area contributed by atoms with Crippen LogP contribution in [0.3, 0.4) is 0 Å². The van der Waals surface area contributed by atoms with Crippen LogP contribution in [0.2, 0.25) is 0 Å². The first-order chi connectivity index (χ1) is 15.5. The average Bonchev–Trinajstić information content (AvgIpc) is 3.22. The second-order valence-corrected chi connectivity index (χ2v) is 6.63. The van der Waals surface area contributed by atoms with Gasteiger partial charge < -0.3 is 9.47 Å². The molecule has 0 amide bonds. The summed E-state index contributed by atoms with van der Waals surface area (Å²) in [6.07, 6.45) is -3.00. The molecule has 0 N–H and O–H groups in total. The zero-order valence-electron chi connectivity index (χ0n) is 17.0. The molecule has 0 spiro atoms. The highest BCUT2D eigenvalue weighted by Crippen LogP contribution is 2.35. The van der Waals surface area contributed by atoms with Crippen molar-refractivity contribution in [3.8, 4) is 34.4 Å². The molecule has 0 aliphatic carbocycles. The molecule has 10 heteroatoms. The number of hydrogen-bond donors (Lipinski definition) is 0. The summed E-state index contributed by atoms with van der Waals surface area (Å²) >= 11 is 0. The van der Waals surface area contributed by atoms with Gasteiger partial charge in [-0.1, -0.05) is 35.5 Å². The molecule has 0 bridgehead atoms. The van der Waals surface area contributed by atoms with Crippen molar-refractivity contribution >= 4 is 0 Å². The quantitative estimate of drug-likeness (QED) is 0.392. The fourth-order valence-electron chi connectivity index (χ4n) is 3.00. The van der Waals surface area contributed by atoms with Crippen LogP contribution >= 0.6 is 0 Å². The molecule has 0 unspecified atom stereocenters. The Morgan fingerprint density at radius 3 is 2.56 bits per heavy atom. The molecular weight excluding hydrogens is 423 g/mol. The third-order valence-corrected chi connectivity index (χ3v) is 4.44. The van der Waals surface area contributed by atoms with Crippen molar-refractivity contribution in [3.63, 3.8) is 0 Å². The number of nitrogens with zero attached hydrogens (tertiary/aromatic N) is 5. The molecule has 2 heterocycles. The van der Waals surface area contributed by atoms with Crippen molar-refractivity contribution in [3.05, 3.63) is 72.4 Å². The first-order valence-corrected chi connectivity index (χ1v) is 9.71. The van der Waals surface area contributed by atoms with Gasteiger partial charge in [0.2, 0.25) is 0 Å². The molecule has 7 nitrogen and oxygen atoms in total. The van der Waals surface area contributed by atoms with Crippen LogP contribution in [0.5, 0.6) is 11.8 Å². The summed E-state index contributed by atoms with van der Waals surface area (Å²) in [5.74, 6) is 0.544. The number of rotatable bonds is 7. The van der Waals surface area contributed by atoms with E-state index < -0.39 is 11.7 Å². The van der Waals surface area contributed by atoms with E-state index in [4.69, 9.17) is 9.47 Å². The molecule has 2 aromatic heterocycles. The minimum atomic E-state index is -4.49. The Labute approximate surface area is 181 Å². The van der Waals surface area contributed by atoms with E-state index in [0.717, 1.165) is 12.1 Å². The first kappa shape index (κ1) is 21.4. The molecule has 32 heavy (non-hydrogen) atoms. The zero-order chi connectivity index (χ0) is 22.6. The van der Waals surface area contributed by atoms with E-state index in [0.29, 0.717) is 23.7 Å². The Morgan fingerprint density at radius 1 is 1.00 bits per heavy atom. The summed E-state index contributed by atoms with van der Waals surface area (Å²) in [5, 5.41) is 8.23. The van der Waals surface area contributed by atoms with Crippen molar-refractivity contribution in [2.45, 2.75) is 19.8 Å². The molecule has 0 saturated heterocycles. The third kappa shape index (κ3) is 4.75. The maximum Gasteiger partial charge on any atom is 0.416 e. The van der Waals surface area contributed by atoms with Crippen LogP contribution in [0.25, 0.3) is 22.6 Å². The lowest BCUT2D eigenvalue weighted by molar-refractivity contribution is -0.137. The maximum atomic E-state index is 13.3. The third-order valence-electron chi connectivity index (χ3n) is 4.44. The predicted octanol–water partition coefficient (Wildman–Crippen LogP) is 5.21. The Hall–Kier alpha value is -3.79. The van der Waals surface area contributed by atoms with Gasteiger partial charge in [0, 0.05) is 18.4 Å². The number of ether oxygens (including phenoxy) is 2. The molecule has 4 aromatic rings. The summed E-state index contributed by atoms with van der Waals surface area (Å²) in [4.78, 5) is 8.48. The maximum absolute atomic E-state index is 13.3. The van der Waals surface area contributed by atoms with Gasteiger partial charge in [0.15, 0.2) is 0 Å². The Balaban J connectivity index is 1.77. The van der Waals surface area contributed by atoms with Crippen molar-refractivity contribution < 1.29 is 22.6 Å². The number of para-hydroxylation sites is 1. The highest BCUT2D eigenvalue weighted by Gasteiger charge is 2.31. The number of hydrogen-bond acceptors (Lipinski definition) is 6. The Morgan fingerprint density at radius 2 is 1.81 bits per heavy atom. The number of benzene rings is 2. The normalized spacial score (nSPS) is 11.5. The highest BCUT2D eigenvalue weighted by molar-refractivity contribution is 5.76. The number of aromatic nitrogens is 5. The van der Waals surface area contributed by atoms with Crippen LogP contribution in [-0.2, 0) is 17.6 Å². The lowest BCUT2D eigenvalue weighted by Crippen LogP contribution is -2.08. The zero-order valence-corrected chi connectivity index (χ0v) is 17.0. The van der Waals surface area contributed by atoms with E-state index in [-0.39, 0.29) is 24.0 Å². The van der Waals surface area contributed by atoms with E-state index in [2.05, 4.69) is 20.3 Å². The lowest BCUT2D eigenvalue weighted by atomic mass is 10.0. The molecular formula is C22H18F3N5O2. The summed E-state index contributed by atoms with van der Waals surface area (Å²) < 4.78 is 52.4. The van der Waals surface area contributed by atoms with Crippen molar-refractivity contribution in [2.24, 2.45) is 0 Å². The molecule has 0 aliphatic heterocycles. The first-order valence-electron chi connectivity index (χ1n) is 9.71. The second kappa shape index (κ2) is 9.15. The molecule has 0 fully saturated rings. The van der Waals surface area contributed by atoms with Crippen LogP contribution in [0, 0.1) is 0 Å². The monoisotopic (exact) mass is 441 g/mol. The SMILES string of the molecule is CCOCn1nnc(-c2ccnc(Oc3ccccc3)n2)c1-c1cccc(C(F)(F)F)c1. The number of halogens is 3. The van der Waals surface area contributed by atoms with Gasteiger partial charge in [0.05, 0.1) is 5.56 Å². The van der Waals surface area contributed by atoms with E-state index in [1.807, 2.05) is 18.2 Å². The summed E-state index contributed by atoms with van der Waals surface area (Å²) in [7, 11) is 0. The molecule has 164 valence electrons. The molecule has 2 aromatic carbocycles. The van der Waals surface area contributed by atoms with Gasteiger partial charge in [-0.3, -0.25) is 0 Å². The number of alkyl halides is 3. The van der Waals surface area contributed by atoms with Gasteiger partial charge in [0.25, 0.3) is 0 Å². The summed E-state index contributed by atoms with van der Waals surface area (Å²) in [6.45, 7) is 2.23. The van der Waals surface area contributed by atoms with Crippen molar-refractivity contribution in [1.82, 2.24) is 25.0 Å². The Kier molecular flexibility index (Phi) is 6.13. The molecule has 0 radical (unpaired) electrons. The molecule has 0 atom stereocenters. The van der Waals surface area contributed by atoms with Crippen LogP contribution < -0.4 is 4.74 Å². The van der Waals surface area contributed by atoms with Gasteiger partial charge in [-0.25, -0.2) is 9.67 Å². The van der Waals surface area contributed by atoms with E-state index >= 15 is 0 Å². The predicted molar refractivity (Wildman–Crippen MR) is 110 cm³/mol. The largest absolute Gasteiger partial charge is 0.424 e. The van der Waals surface area contributed by atoms with Gasteiger partial charge in [-0.15, -0.1) is 5.10 Å². The van der Waals surface area contributed by atoms with E-state index in [1.54, 1.807) is 31.2 Å². The van der Waals surface area contributed by atoms with Crippen LogP contribution in [-0.4, -0.2) is 31.6 Å². The molecule has 0 saturated carbocycles.